The smallest absolute Gasteiger partial charge is 0.286 e. The van der Waals surface area contributed by atoms with E-state index < -0.39 is 27.3 Å². The number of carbonyl (C=O) groups is 2. The van der Waals surface area contributed by atoms with Gasteiger partial charge in [0.2, 0.25) is 0 Å². The van der Waals surface area contributed by atoms with Gasteiger partial charge in [0.25, 0.3) is 11.8 Å². The summed E-state index contributed by atoms with van der Waals surface area (Å²) in [4.78, 5) is 29.7. The van der Waals surface area contributed by atoms with Gasteiger partial charge in [0.05, 0.1) is 29.8 Å². The summed E-state index contributed by atoms with van der Waals surface area (Å²) < 4.78 is 45.7. The van der Waals surface area contributed by atoms with Gasteiger partial charge in [-0.25, -0.2) is 4.21 Å². The molecule has 1 spiro atoms. The Labute approximate surface area is 309 Å². The van der Waals surface area contributed by atoms with Gasteiger partial charge in [-0.2, -0.15) is 0 Å². The Hall–Kier alpha value is -3.25. The Balaban J connectivity index is 1.24. The van der Waals surface area contributed by atoms with E-state index in [4.69, 9.17) is 18.9 Å². The first-order valence-corrected chi connectivity index (χ1v) is 20.8. The highest BCUT2D eigenvalue weighted by Gasteiger charge is 2.44. The number of fused-ring (bicyclic) bond motifs is 4. The third-order valence-electron chi connectivity index (χ3n) is 12.1. The highest BCUT2D eigenvalue weighted by molar-refractivity contribution is 7.92. The Morgan fingerprint density at radius 3 is 2.73 bits per heavy atom. The van der Waals surface area contributed by atoms with Crippen molar-refractivity contribution in [3.8, 4) is 5.75 Å². The van der Waals surface area contributed by atoms with Crippen LogP contribution in [-0.2, 0) is 40.8 Å². The number of hydrogen-bond donors (Lipinski definition) is 1. The summed E-state index contributed by atoms with van der Waals surface area (Å²) in [5, 5.41) is 0. The monoisotopic (exact) mass is 733 g/mol. The van der Waals surface area contributed by atoms with E-state index in [0.717, 1.165) is 56.6 Å². The standard InChI is InChI=1S/C41H55N3O7S/c1-28-10-14-34-30(21-28)8-6-16-41(34)26-44-23-32-11-13-33(32)36(48-4)9-5-7-29(2)25-52(47,42-38(45)24-51-40(3)17-19-49-20-18-40)43-39(46)31-12-15-37(50-27-41)35(44)22-31/h5,9-10,12,14-15,21-22,29,32-33,36H,6-8,11,13,16-20,23-27H2,1-4H3,(H,42,43,45,46,47)/b9-5+/t29-,32-,33+,36-,41-,52?/m0/s1. The van der Waals surface area contributed by atoms with Gasteiger partial charge in [-0.15, -0.1) is 4.36 Å². The molecule has 3 heterocycles. The minimum Gasteiger partial charge on any atom is -0.490 e. The van der Waals surface area contributed by atoms with E-state index in [1.165, 1.54) is 16.7 Å². The zero-order valence-electron chi connectivity index (χ0n) is 31.2. The molecular formula is C41H55N3O7S. The first kappa shape index (κ1) is 37.1. The van der Waals surface area contributed by atoms with Crippen molar-refractivity contribution in [2.45, 2.75) is 89.3 Å². The number of allylic oxidation sites excluding steroid dienone is 1. The summed E-state index contributed by atoms with van der Waals surface area (Å²) in [7, 11) is -1.73. The van der Waals surface area contributed by atoms with Gasteiger partial charge in [-0.3, -0.25) is 14.3 Å². The second kappa shape index (κ2) is 15.2. The zero-order chi connectivity index (χ0) is 36.5. The molecule has 11 heteroatoms. The van der Waals surface area contributed by atoms with Crippen LogP contribution in [0.15, 0.2) is 52.9 Å². The fourth-order valence-electron chi connectivity index (χ4n) is 8.92. The van der Waals surface area contributed by atoms with Crippen molar-refractivity contribution < 1.29 is 32.7 Å². The number of rotatable bonds is 5. The number of amides is 2. The van der Waals surface area contributed by atoms with Crippen LogP contribution in [0.1, 0.15) is 85.8 Å². The summed E-state index contributed by atoms with van der Waals surface area (Å²) in [5.41, 5.74) is 4.49. The third kappa shape index (κ3) is 7.98. The molecule has 6 atom stereocenters. The lowest BCUT2D eigenvalue weighted by Crippen LogP contribution is -2.49. The first-order chi connectivity index (χ1) is 25.0. The maximum Gasteiger partial charge on any atom is 0.286 e. The molecular weight excluding hydrogens is 679 g/mol. The van der Waals surface area contributed by atoms with Crippen LogP contribution < -0.4 is 14.4 Å². The minimum atomic E-state index is -3.50. The summed E-state index contributed by atoms with van der Waals surface area (Å²) in [6.07, 6.45) is 11.5. The van der Waals surface area contributed by atoms with Crippen LogP contribution in [0.25, 0.3) is 0 Å². The van der Waals surface area contributed by atoms with E-state index in [2.05, 4.69) is 51.3 Å². The molecule has 2 fully saturated rings. The fourth-order valence-corrected chi connectivity index (χ4v) is 10.8. The zero-order valence-corrected chi connectivity index (χ0v) is 32.0. The van der Waals surface area contributed by atoms with E-state index in [0.29, 0.717) is 56.5 Å². The normalized spacial score (nSPS) is 32.2. The fraction of sp³-hybridized carbons (Fsp3) is 0.610. The Morgan fingerprint density at radius 1 is 1.13 bits per heavy atom. The van der Waals surface area contributed by atoms with Crippen molar-refractivity contribution in [2.75, 3.05) is 57.3 Å². The lowest BCUT2D eigenvalue weighted by Gasteiger charge is -2.46. The molecule has 2 aromatic carbocycles. The highest BCUT2D eigenvalue weighted by atomic mass is 32.2. The van der Waals surface area contributed by atoms with Crippen molar-refractivity contribution in [1.29, 1.82) is 0 Å². The maximum absolute atomic E-state index is 14.5. The molecule has 3 aliphatic heterocycles. The van der Waals surface area contributed by atoms with E-state index >= 15 is 0 Å². The number of carbonyl (C=O) groups excluding carboxylic acids is 2. The lowest BCUT2D eigenvalue weighted by molar-refractivity contribution is -0.138. The van der Waals surface area contributed by atoms with Gasteiger partial charge in [-0.05, 0) is 112 Å². The second-order valence-corrected chi connectivity index (χ2v) is 18.2. The van der Waals surface area contributed by atoms with Crippen molar-refractivity contribution in [1.82, 2.24) is 4.72 Å². The summed E-state index contributed by atoms with van der Waals surface area (Å²) in [6.45, 7) is 9.03. The number of benzene rings is 2. The molecule has 7 rings (SSSR count). The van der Waals surface area contributed by atoms with Gasteiger partial charge in [0.15, 0.2) is 0 Å². The predicted octanol–water partition coefficient (Wildman–Crippen LogP) is 6.33. The number of ether oxygens (including phenoxy) is 4. The quantitative estimate of drug-likeness (QED) is 0.355. The molecule has 52 heavy (non-hydrogen) atoms. The Kier molecular flexibility index (Phi) is 10.9. The van der Waals surface area contributed by atoms with Crippen molar-refractivity contribution in [3.05, 3.63) is 70.8 Å². The molecule has 0 aromatic heterocycles. The maximum atomic E-state index is 14.5. The predicted molar refractivity (Wildman–Crippen MR) is 202 cm³/mol. The van der Waals surface area contributed by atoms with Crippen LogP contribution in [0.2, 0.25) is 0 Å². The van der Waals surface area contributed by atoms with Crippen LogP contribution in [0.3, 0.4) is 0 Å². The van der Waals surface area contributed by atoms with Crippen LogP contribution in [0.4, 0.5) is 5.69 Å². The Bertz CT molecular complexity index is 1810. The molecule has 2 amide bonds. The summed E-state index contributed by atoms with van der Waals surface area (Å²) >= 11 is 0. The van der Waals surface area contributed by atoms with E-state index in [1.54, 1.807) is 13.2 Å². The van der Waals surface area contributed by atoms with Gasteiger partial charge < -0.3 is 23.8 Å². The molecule has 282 valence electrons. The second-order valence-electron chi connectivity index (χ2n) is 16.2. The van der Waals surface area contributed by atoms with E-state index in [-0.39, 0.29) is 29.8 Å². The van der Waals surface area contributed by atoms with Crippen LogP contribution in [0.5, 0.6) is 5.75 Å². The average Bonchev–Trinajstić information content (AvgIpc) is 3.25. The van der Waals surface area contributed by atoms with Crippen molar-refractivity contribution in [2.24, 2.45) is 22.1 Å². The number of aryl methyl sites for hydroxylation is 2. The van der Waals surface area contributed by atoms with Gasteiger partial charge >= 0.3 is 0 Å². The summed E-state index contributed by atoms with van der Waals surface area (Å²) in [6, 6.07) is 12.3. The van der Waals surface area contributed by atoms with Gasteiger partial charge in [-0.1, -0.05) is 42.8 Å². The number of nitrogens with one attached hydrogen (secondary N) is 1. The molecule has 1 saturated carbocycles. The highest BCUT2D eigenvalue weighted by Crippen LogP contribution is 2.47. The minimum absolute atomic E-state index is 0.0191. The third-order valence-corrected chi connectivity index (χ3v) is 14.1. The van der Waals surface area contributed by atoms with E-state index in [1.807, 2.05) is 26.0 Å². The molecule has 2 bridgehead atoms. The average molecular weight is 734 g/mol. The number of methoxy groups -OCH3 is 1. The van der Waals surface area contributed by atoms with Gasteiger partial charge in [0, 0.05) is 44.4 Å². The molecule has 2 aliphatic carbocycles. The number of anilines is 1. The molecule has 10 nitrogen and oxygen atoms in total. The number of nitrogens with zero attached hydrogens (tertiary/aromatic N) is 2. The number of hydrogen-bond acceptors (Lipinski definition) is 8. The summed E-state index contributed by atoms with van der Waals surface area (Å²) in [5.74, 6) is 0.198. The molecule has 5 aliphatic rings. The van der Waals surface area contributed by atoms with Crippen LogP contribution in [-0.4, -0.2) is 80.1 Å². The molecule has 2 aromatic rings. The lowest BCUT2D eigenvalue weighted by atomic mass is 9.68. The SMILES string of the molecule is CO[C@H]1/C=C/C[C@H](C)CS(=O)(NC(=O)COC2(C)CCOCC2)=NC(=O)c2ccc3c(c2)N(C[C@@H]2CC[C@H]21)C[C@@]1(CCCc2cc(C)ccc21)CO3. The molecule has 0 radical (unpaired) electrons. The van der Waals surface area contributed by atoms with E-state index in [9.17, 15) is 13.8 Å². The Morgan fingerprint density at radius 2 is 1.96 bits per heavy atom. The largest absolute Gasteiger partial charge is 0.490 e. The molecule has 1 N–H and O–H groups in total. The van der Waals surface area contributed by atoms with Crippen molar-refractivity contribution in [3.63, 3.8) is 0 Å². The van der Waals surface area contributed by atoms with Crippen LogP contribution >= 0.6 is 0 Å². The topological polar surface area (TPSA) is 116 Å². The van der Waals surface area contributed by atoms with Gasteiger partial charge in [0.1, 0.15) is 22.3 Å². The molecule has 1 unspecified atom stereocenters. The van der Waals surface area contributed by atoms with Crippen LogP contribution in [0, 0.1) is 24.7 Å². The first-order valence-electron chi connectivity index (χ1n) is 19.1. The van der Waals surface area contributed by atoms with Crippen molar-refractivity contribution >= 4 is 27.4 Å². The molecule has 1 saturated heterocycles.